The number of carbonyl (C=O) groups is 1. The fourth-order valence-electron chi connectivity index (χ4n) is 5.86. The molecule has 1 aromatic rings. The highest BCUT2D eigenvalue weighted by atomic mass is 16.5. The number of ether oxygens (including phenoxy) is 1. The number of hydrogen-bond acceptors (Lipinski definition) is 6. The molecule has 4 N–H and O–H groups in total. The maximum Gasteiger partial charge on any atom is 0.251 e. The zero-order valence-electron chi connectivity index (χ0n) is 28.1. The van der Waals surface area contributed by atoms with Gasteiger partial charge in [-0.05, 0) is 56.4 Å². The van der Waals surface area contributed by atoms with Crippen molar-refractivity contribution in [3.05, 3.63) is 83.1 Å². The number of aromatic amines is 1. The van der Waals surface area contributed by atoms with Crippen molar-refractivity contribution in [2.45, 2.75) is 72.9 Å². The van der Waals surface area contributed by atoms with Gasteiger partial charge in [-0.2, -0.15) is 0 Å². The maximum atomic E-state index is 13.2. The first-order chi connectivity index (χ1) is 21.0. The molecule has 3 aliphatic rings. The summed E-state index contributed by atoms with van der Waals surface area (Å²) in [6.45, 7) is 19.5. The van der Waals surface area contributed by atoms with Crippen LogP contribution in [0.25, 0.3) is 11.1 Å². The third-order valence-electron chi connectivity index (χ3n) is 8.36. The van der Waals surface area contributed by atoms with Gasteiger partial charge < -0.3 is 30.7 Å². The minimum atomic E-state index is -0.177. The zero-order valence-corrected chi connectivity index (χ0v) is 28.1. The molecule has 2 atom stereocenters. The summed E-state index contributed by atoms with van der Waals surface area (Å²) in [5, 5.41) is 15.1. The van der Waals surface area contributed by atoms with Gasteiger partial charge in [-0.3, -0.25) is 9.69 Å². The van der Waals surface area contributed by atoms with Crippen LogP contribution in [0.4, 0.5) is 0 Å². The molecule has 2 aliphatic carbocycles. The van der Waals surface area contributed by atoms with Gasteiger partial charge in [-0.15, -0.1) is 0 Å². The lowest BCUT2D eigenvalue weighted by Crippen LogP contribution is -2.51. The SMILES string of the molecule is C=C/C(=C\N(C)C)c1c[nH]c(C2=C(C=N)C(NC3=CC(C(=O)NCCN4[C@H](C)COC[C@H]4C)=CCC3(C)C)=CCC2)c1.CC.[HH].[HH]. The van der Waals surface area contributed by atoms with Crippen molar-refractivity contribution >= 4 is 23.3 Å². The Morgan fingerprint density at radius 2 is 1.95 bits per heavy atom. The second-order valence-electron chi connectivity index (χ2n) is 12.4. The fraction of sp³-hybridized carbons (Fsp3) is 0.500. The summed E-state index contributed by atoms with van der Waals surface area (Å²) in [7, 11) is 3.99. The average Bonchev–Trinajstić information content (AvgIpc) is 3.49. The molecule has 1 aliphatic heterocycles. The molecule has 0 radical (unpaired) electrons. The molecule has 0 saturated carbocycles. The molecular weight excluding hydrogens is 548 g/mol. The smallest absolute Gasteiger partial charge is 0.251 e. The van der Waals surface area contributed by atoms with Crippen LogP contribution in [0.5, 0.6) is 0 Å². The van der Waals surface area contributed by atoms with E-state index in [1.807, 2.05) is 63.5 Å². The number of nitrogens with zero attached hydrogens (tertiary/aromatic N) is 2. The Hall–Kier alpha value is -3.62. The highest BCUT2D eigenvalue weighted by Gasteiger charge is 2.30. The molecule has 0 spiro atoms. The van der Waals surface area contributed by atoms with E-state index in [1.54, 1.807) is 0 Å². The monoisotopic (exact) mass is 606 g/mol. The number of aromatic nitrogens is 1. The van der Waals surface area contributed by atoms with Gasteiger partial charge in [0.25, 0.3) is 5.91 Å². The molecule has 44 heavy (non-hydrogen) atoms. The van der Waals surface area contributed by atoms with Gasteiger partial charge in [0, 0.05) is 99.9 Å². The normalized spacial score (nSPS) is 22.1. The van der Waals surface area contributed by atoms with Crippen molar-refractivity contribution in [1.29, 1.82) is 5.41 Å². The summed E-state index contributed by atoms with van der Waals surface area (Å²) >= 11 is 0. The number of carbonyl (C=O) groups excluding carboxylic acids is 1. The topological polar surface area (TPSA) is 96.5 Å². The number of morpholine rings is 1. The van der Waals surface area contributed by atoms with Gasteiger partial charge in [0.1, 0.15) is 0 Å². The average molecular weight is 607 g/mol. The molecule has 8 heteroatoms. The summed E-state index contributed by atoms with van der Waals surface area (Å²) in [4.78, 5) is 21.0. The van der Waals surface area contributed by atoms with Crippen LogP contribution in [0.2, 0.25) is 0 Å². The van der Waals surface area contributed by atoms with E-state index in [0.717, 1.165) is 78.4 Å². The molecule has 244 valence electrons. The Bertz CT molecular complexity index is 1340. The summed E-state index contributed by atoms with van der Waals surface area (Å²) in [6.07, 6.45) is 16.0. The quantitative estimate of drug-likeness (QED) is 0.165. The van der Waals surface area contributed by atoms with Crippen molar-refractivity contribution in [2.75, 3.05) is 40.4 Å². The Morgan fingerprint density at radius 3 is 2.59 bits per heavy atom. The highest BCUT2D eigenvalue weighted by Crippen LogP contribution is 2.37. The molecule has 1 aromatic heterocycles. The molecule has 8 nitrogen and oxygen atoms in total. The van der Waals surface area contributed by atoms with Crippen molar-refractivity contribution in [3.8, 4) is 0 Å². The zero-order chi connectivity index (χ0) is 32.4. The van der Waals surface area contributed by atoms with E-state index in [0.29, 0.717) is 24.2 Å². The Balaban J connectivity index is 0.00000259. The molecule has 0 aromatic carbocycles. The van der Waals surface area contributed by atoms with E-state index < -0.39 is 0 Å². The van der Waals surface area contributed by atoms with Crippen LogP contribution in [-0.4, -0.2) is 79.4 Å². The van der Waals surface area contributed by atoms with E-state index >= 15 is 0 Å². The Labute approximate surface area is 268 Å². The summed E-state index contributed by atoms with van der Waals surface area (Å²) in [5.41, 5.74) is 7.44. The van der Waals surface area contributed by atoms with Crippen LogP contribution in [0.15, 0.2) is 71.9 Å². The van der Waals surface area contributed by atoms with Gasteiger partial charge >= 0.3 is 0 Å². The summed E-state index contributed by atoms with van der Waals surface area (Å²) < 4.78 is 5.63. The van der Waals surface area contributed by atoms with Gasteiger partial charge in [0.2, 0.25) is 0 Å². The number of hydrogen-bond donors (Lipinski definition) is 4. The van der Waals surface area contributed by atoms with E-state index in [2.05, 4.69) is 66.9 Å². The minimum Gasteiger partial charge on any atom is -0.383 e. The third-order valence-corrected chi connectivity index (χ3v) is 8.36. The molecule has 1 saturated heterocycles. The second-order valence-corrected chi connectivity index (χ2v) is 12.4. The van der Waals surface area contributed by atoms with Crippen LogP contribution in [-0.2, 0) is 9.53 Å². The molecule has 1 amide bonds. The van der Waals surface area contributed by atoms with Crippen molar-refractivity contribution < 1.29 is 12.4 Å². The summed E-state index contributed by atoms with van der Waals surface area (Å²) in [6, 6.07) is 2.82. The van der Waals surface area contributed by atoms with E-state index in [-0.39, 0.29) is 14.2 Å². The highest BCUT2D eigenvalue weighted by molar-refractivity contribution is 5.97. The third kappa shape index (κ3) is 8.51. The largest absolute Gasteiger partial charge is 0.383 e. The molecule has 0 unspecified atom stereocenters. The lowest BCUT2D eigenvalue weighted by atomic mass is 9.79. The van der Waals surface area contributed by atoms with Crippen LogP contribution in [0, 0.1) is 10.8 Å². The maximum absolute atomic E-state index is 13.2. The van der Waals surface area contributed by atoms with Crippen molar-refractivity contribution in [1.82, 2.24) is 25.4 Å². The first-order valence-corrected chi connectivity index (χ1v) is 16.0. The van der Waals surface area contributed by atoms with Crippen LogP contribution >= 0.6 is 0 Å². The van der Waals surface area contributed by atoms with E-state index in [1.165, 1.54) is 6.21 Å². The number of amides is 1. The molecule has 1 fully saturated rings. The van der Waals surface area contributed by atoms with Gasteiger partial charge in [-0.1, -0.05) is 52.5 Å². The Kier molecular flexibility index (Phi) is 12.6. The predicted molar refractivity (Wildman–Crippen MR) is 188 cm³/mol. The first-order valence-electron chi connectivity index (χ1n) is 16.0. The first kappa shape index (κ1) is 34.9. The van der Waals surface area contributed by atoms with Gasteiger partial charge in [-0.25, -0.2) is 0 Å². The van der Waals surface area contributed by atoms with Crippen LogP contribution in [0.1, 0.15) is 74.9 Å². The minimum absolute atomic E-state index is 0. The van der Waals surface area contributed by atoms with Crippen LogP contribution in [0.3, 0.4) is 0 Å². The fourth-order valence-corrected chi connectivity index (χ4v) is 5.86. The lowest BCUT2D eigenvalue weighted by molar-refractivity contribution is -0.117. The molecule has 4 rings (SSSR count). The van der Waals surface area contributed by atoms with Crippen LogP contribution < -0.4 is 10.6 Å². The predicted octanol–water partition coefficient (Wildman–Crippen LogP) is 6.76. The molecular formula is C36H58N6O2. The summed E-state index contributed by atoms with van der Waals surface area (Å²) in [5.74, 6) is -0.0535. The number of rotatable bonds is 11. The molecule has 0 bridgehead atoms. The van der Waals surface area contributed by atoms with Crippen molar-refractivity contribution in [2.24, 2.45) is 5.41 Å². The van der Waals surface area contributed by atoms with Gasteiger partial charge in [0.15, 0.2) is 0 Å². The number of allylic oxidation sites excluding steroid dienone is 7. The van der Waals surface area contributed by atoms with Crippen molar-refractivity contribution in [3.63, 3.8) is 0 Å². The number of nitrogens with one attached hydrogen (secondary N) is 4. The van der Waals surface area contributed by atoms with Gasteiger partial charge in [0.05, 0.1) is 13.2 Å². The standard InChI is InChI=1S/C34H48N6O2.C2H6.2H2/c1-8-25(20-39(6)7)27-16-31(37-19-27)28-10-9-11-30(29(28)18-35)38-32-17-26(12-13-34(32,4)5)33(41)36-14-15-40-23(2)21-42-22-24(40)3;1-2;;/h8,11-12,16-20,23-24,35,37-38H,1,9-10,13-15,21-22H2,2-7H3,(H,36,41);1-2H3;2*1H/b25-20+,35-18?;;;/t23-,24-;;;/m1.../s1. The molecule has 2 heterocycles. The van der Waals surface area contributed by atoms with E-state index in [4.69, 9.17) is 10.1 Å². The second kappa shape index (κ2) is 15.9. The number of H-pyrrole nitrogens is 1. The lowest BCUT2D eigenvalue weighted by Gasteiger charge is -2.38. The Morgan fingerprint density at radius 1 is 1.25 bits per heavy atom. The van der Waals surface area contributed by atoms with E-state index in [9.17, 15) is 4.79 Å².